The number of halogens is 8. The van der Waals surface area contributed by atoms with Crippen LogP contribution in [0, 0.1) is 5.92 Å². The lowest BCUT2D eigenvalue weighted by Crippen LogP contribution is -3.69. The number of hydrogen-bond acceptors (Lipinski definition) is 0. The molecule has 4 rings (SSSR count). The molecule has 0 nitrogen and oxygen atoms in total. The maximum Gasteiger partial charge on any atom is 0.277 e. The van der Waals surface area contributed by atoms with E-state index in [0.29, 0.717) is 13.7 Å². The Labute approximate surface area is 283 Å². The quantitative estimate of drug-likeness (QED) is 0.177. The van der Waals surface area contributed by atoms with E-state index in [1.54, 1.807) is 5.57 Å². The van der Waals surface area contributed by atoms with Crippen LogP contribution in [-0.4, -0.2) is 33.8 Å². The predicted octanol–water partition coefficient (Wildman–Crippen LogP) is 6.29. The molecule has 0 heterocycles. The summed E-state index contributed by atoms with van der Waals surface area (Å²) in [5, 5.41) is 0. The third-order valence-corrected chi connectivity index (χ3v) is 32.8. The minimum absolute atomic E-state index is 0.256. The minimum atomic E-state index is 0.256. The van der Waals surface area contributed by atoms with Gasteiger partial charge in [-0.05, 0) is 38.5 Å². The lowest BCUT2D eigenvalue weighted by Gasteiger charge is -2.78. The molecular weight excluding hydrogens is 1270 g/mol. The zero-order chi connectivity index (χ0) is 21.2. The van der Waals surface area contributed by atoms with Gasteiger partial charge in [-0.2, -0.15) is 0 Å². The van der Waals surface area contributed by atoms with Crippen LogP contribution in [0.1, 0.15) is 58.3 Å². The zero-order valence-electron chi connectivity index (χ0n) is 16.4. The molecule has 8 heteroatoms. The van der Waals surface area contributed by atoms with Gasteiger partial charge >= 0.3 is 0 Å². The van der Waals surface area contributed by atoms with E-state index in [-0.39, 0.29) is 21.2 Å². The van der Waals surface area contributed by atoms with Gasteiger partial charge in [-0.3, -0.25) is 0 Å². The second-order valence-electron chi connectivity index (χ2n) is 9.28. The van der Waals surface area contributed by atoms with Crippen molar-refractivity contribution in [1.29, 1.82) is 0 Å². The Bertz CT molecular complexity index is 670. The van der Waals surface area contributed by atoms with Crippen molar-refractivity contribution >= 4 is 158 Å². The number of fused-ring (bicyclic) bond motifs is 4. The number of allylic oxidation sites excluding steroid dienone is 2. The molecule has 0 aromatic heterocycles. The van der Waals surface area contributed by atoms with E-state index >= 15 is 0 Å². The van der Waals surface area contributed by atoms with Crippen molar-refractivity contribution in [3.05, 3.63) is 11.6 Å². The van der Waals surface area contributed by atoms with E-state index in [0.717, 1.165) is 21.6 Å². The average molecular weight is 1290 g/mol. The fourth-order valence-electron chi connectivity index (χ4n) is 6.19. The lowest BCUT2D eigenvalue weighted by atomic mass is 9.47. The summed E-state index contributed by atoms with van der Waals surface area (Å²) >= 11 is 20.2. The highest BCUT2D eigenvalue weighted by Crippen LogP contribution is 2.81. The Hall–Kier alpha value is 5.58. The summed E-state index contributed by atoms with van der Waals surface area (Å²) in [6.07, 6.45) is 14.5. The van der Waals surface area contributed by atoms with E-state index in [2.05, 4.69) is 171 Å². The predicted molar refractivity (Wildman–Crippen MR) is 183 cm³/mol. The highest BCUT2D eigenvalue weighted by Gasteiger charge is 2.85. The summed E-state index contributed by atoms with van der Waals surface area (Å²) in [5.41, 5.74) is 1.69. The Morgan fingerprint density at radius 3 is 2.24 bits per heavy atom. The zero-order valence-corrected chi connectivity index (χ0v) is 33.6. The van der Waals surface area contributed by atoms with Crippen LogP contribution in [0.3, 0.4) is 0 Å². The van der Waals surface area contributed by atoms with E-state index in [1.807, 2.05) is 0 Å². The standard InChI is InChI=1S/C21H27I8/c1-12-8-13(15(23)11-22)9-16(17(12)24)29-14-4-7-20(27)18(25)5-2-3-6-19(18,26)21(20,28)10-14/h8,13-17H,2-7,9-11H2,1H3/q+1. The second kappa shape index (κ2) is 10.4. The molecule has 0 aliphatic heterocycles. The van der Waals surface area contributed by atoms with Crippen molar-refractivity contribution in [3.63, 3.8) is 0 Å². The molecule has 0 bridgehead atoms. The molecule has 3 saturated carbocycles. The average Bonchev–Trinajstić information content (AvgIpc) is 2.69. The molecule has 0 amide bonds. The second-order valence-corrected chi connectivity index (χ2v) is 24.5. The number of alkyl halides is 9. The summed E-state index contributed by atoms with van der Waals surface area (Å²) in [6.45, 7) is 2.42. The molecule has 9 unspecified atom stereocenters. The van der Waals surface area contributed by atoms with Gasteiger partial charge in [0.15, 0.2) is 7.85 Å². The van der Waals surface area contributed by atoms with Gasteiger partial charge in [0.25, 0.3) is 21.2 Å². The first kappa shape index (κ1) is 27.6. The molecule has 3 fully saturated rings. The van der Waals surface area contributed by atoms with Crippen LogP contribution in [0.4, 0.5) is 0 Å². The summed E-state index contributed by atoms with van der Waals surface area (Å²) in [7, 11) is 0. The van der Waals surface area contributed by atoms with Gasteiger partial charge < -0.3 is 0 Å². The van der Waals surface area contributed by atoms with Crippen LogP contribution in [0.2, 0.25) is 0 Å². The van der Waals surface area contributed by atoms with E-state index in [1.165, 1.54) is 55.8 Å². The van der Waals surface area contributed by atoms with Gasteiger partial charge in [0.1, 0.15) is 0 Å². The third kappa shape index (κ3) is 4.37. The first-order valence-corrected chi connectivity index (χ1v) is 21.3. The lowest BCUT2D eigenvalue weighted by molar-refractivity contribution is -0.724. The summed E-state index contributed by atoms with van der Waals surface area (Å²) in [4.78, 5) is 0. The van der Waals surface area contributed by atoms with E-state index < -0.39 is 0 Å². The molecule has 0 aromatic carbocycles. The van der Waals surface area contributed by atoms with Gasteiger partial charge in [0.2, 0.25) is 0 Å². The SMILES string of the molecule is CC1=CC(C(I)CI)CC([I+]C2CCC3(I)C4(I)CCCCC4(I)C3(I)C2)C1I. The molecule has 0 spiro atoms. The van der Waals surface area contributed by atoms with Crippen LogP contribution in [0.15, 0.2) is 11.6 Å². The van der Waals surface area contributed by atoms with Gasteiger partial charge in [-0.15, -0.1) is 0 Å². The van der Waals surface area contributed by atoms with Crippen molar-refractivity contribution in [3.8, 4) is 0 Å². The van der Waals surface area contributed by atoms with Crippen LogP contribution in [0.25, 0.3) is 0 Å². The molecule has 4 aliphatic carbocycles. The fraction of sp³-hybridized carbons (Fsp3) is 0.905. The Morgan fingerprint density at radius 2 is 1.62 bits per heavy atom. The molecule has 9 atom stereocenters. The van der Waals surface area contributed by atoms with E-state index in [4.69, 9.17) is 0 Å². The van der Waals surface area contributed by atoms with Crippen LogP contribution in [-0.2, 0) is 0 Å². The number of hydrogen-bond donors (Lipinski definition) is 0. The third-order valence-electron chi connectivity index (χ3n) is 7.79. The van der Waals surface area contributed by atoms with Gasteiger partial charge in [-0.25, -0.2) is 0 Å². The van der Waals surface area contributed by atoms with Crippen LogP contribution < -0.4 is 21.2 Å². The largest absolute Gasteiger partial charge is 0.277 e. The monoisotopic (exact) mass is 1290 g/mol. The molecule has 0 saturated heterocycles. The van der Waals surface area contributed by atoms with Crippen LogP contribution >= 0.6 is 158 Å². The topological polar surface area (TPSA) is 0 Å². The van der Waals surface area contributed by atoms with Gasteiger partial charge in [0, 0.05) is 21.2 Å². The summed E-state index contributed by atoms with van der Waals surface area (Å²) < 4.78 is 7.08. The fourth-order valence-corrected chi connectivity index (χ4v) is 23.9. The van der Waals surface area contributed by atoms with Crippen LogP contribution in [0.5, 0.6) is 0 Å². The van der Waals surface area contributed by atoms with E-state index in [9.17, 15) is 0 Å². The molecule has 0 aromatic rings. The van der Waals surface area contributed by atoms with Crippen molar-refractivity contribution < 1.29 is 21.2 Å². The highest BCUT2D eigenvalue weighted by molar-refractivity contribution is 14.1. The smallest absolute Gasteiger partial charge is 0.0852 e. The van der Waals surface area contributed by atoms with Gasteiger partial charge in [-0.1, -0.05) is 183 Å². The number of rotatable bonds is 4. The van der Waals surface area contributed by atoms with Crippen molar-refractivity contribution in [2.75, 3.05) is 4.43 Å². The maximum atomic E-state index is 3.00. The summed E-state index contributed by atoms with van der Waals surface area (Å²) in [6, 6.07) is 0. The Balaban J connectivity index is 1.51. The molecule has 166 valence electrons. The van der Waals surface area contributed by atoms with Gasteiger partial charge in [0.05, 0.1) is 17.6 Å². The summed E-state index contributed by atoms with van der Waals surface area (Å²) in [5.74, 6) is 0.823. The molecule has 29 heavy (non-hydrogen) atoms. The first-order valence-electron chi connectivity index (χ1n) is 10.4. The Morgan fingerprint density at radius 1 is 1.03 bits per heavy atom. The minimum Gasteiger partial charge on any atom is -0.0852 e. The molecule has 0 N–H and O–H groups in total. The normalized spacial score (nSPS) is 53.3. The molecule has 4 aliphatic rings. The highest BCUT2D eigenvalue weighted by atomic mass is 127. The molecule has 0 radical (unpaired) electrons. The molecular formula is C21H27I8+. The van der Waals surface area contributed by atoms with Crippen molar-refractivity contribution in [2.24, 2.45) is 5.92 Å². The van der Waals surface area contributed by atoms with Crippen molar-refractivity contribution in [2.45, 2.75) is 87.7 Å². The van der Waals surface area contributed by atoms with Crippen molar-refractivity contribution in [1.82, 2.24) is 0 Å². The Kier molecular flexibility index (Phi) is 9.89. The maximum absolute atomic E-state index is 3.00. The first-order chi connectivity index (χ1) is 13.5.